The molecule has 0 radical (unpaired) electrons. The Kier molecular flexibility index (Phi) is 9.39. The lowest BCUT2D eigenvalue weighted by Crippen LogP contribution is -2.48. The number of carbonyl (C=O) groups excluding carboxylic acids is 2. The summed E-state index contributed by atoms with van der Waals surface area (Å²) < 4.78 is 20.4. The van der Waals surface area contributed by atoms with Crippen LogP contribution in [0.3, 0.4) is 0 Å². The van der Waals surface area contributed by atoms with Crippen molar-refractivity contribution < 1.29 is 18.7 Å². The first-order chi connectivity index (χ1) is 16.8. The summed E-state index contributed by atoms with van der Waals surface area (Å²) in [4.78, 5) is 25.0. The first-order valence-electron chi connectivity index (χ1n) is 10.8. The fourth-order valence-electron chi connectivity index (χ4n) is 3.12. The summed E-state index contributed by atoms with van der Waals surface area (Å²) in [6, 6.07) is 17.5. The number of amides is 2. The molecule has 6 nitrogen and oxygen atoms in total. The average molecular weight is 561 g/mol. The average Bonchev–Trinajstić information content (AvgIpc) is 2.82. The summed E-state index contributed by atoms with van der Waals surface area (Å²) in [6.07, 6.45) is 1.47. The van der Waals surface area contributed by atoms with Crippen LogP contribution in [-0.2, 0) is 11.4 Å². The highest BCUT2D eigenvalue weighted by atomic mass is 79.9. The molecule has 35 heavy (non-hydrogen) atoms. The molecule has 1 atom stereocenters. The molecule has 0 spiro atoms. The van der Waals surface area contributed by atoms with Gasteiger partial charge in [0.05, 0.1) is 16.3 Å². The molecule has 2 amide bonds. The van der Waals surface area contributed by atoms with E-state index in [1.54, 1.807) is 44.2 Å². The number of nitrogens with zero attached hydrogens (tertiary/aromatic N) is 1. The third-order valence-corrected chi connectivity index (χ3v) is 6.03. The molecule has 2 N–H and O–H groups in total. The molecule has 0 saturated heterocycles. The number of hydrazone groups is 1. The van der Waals surface area contributed by atoms with E-state index in [4.69, 9.17) is 16.3 Å². The SMILES string of the molecule is CC(C)C(NC(=O)c1ccccc1F)C(=O)N/N=C/c1ccc(OCc2ccccc2Cl)c(Br)c1. The summed E-state index contributed by atoms with van der Waals surface area (Å²) >= 11 is 9.63. The highest BCUT2D eigenvalue weighted by Crippen LogP contribution is 2.27. The smallest absolute Gasteiger partial charge is 0.262 e. The van der Waals surface area contributed by atoms with Gasteiger partial charge in [-0.05, 0) is 63.8 Å². The van der Waals surface area contributed by atoms with Crippen molar-refractivity contribution in [1.29, 1.82) is 0 Å². The van der Waals surface area contributed by atoms with E-state index in [9.17, 15) is 14.0 Å². The van der Waals surface area contributed by atoms with Gasteiger partial charge in [0.25, 0.3) is 11.8 Å². The van der Waals surface area contributed by atoms with Crippen LogP contribution in [0.15, 0.2) is 76.3 Å². The molecule has 0 saturated carbocycles. The summed E-state index contributed by atoms with van der Waals surface area (Å²) in [5.41, 5.74) is 3.88. The topological polar surface area (TPSA) is 79.8 Å². The van der Waals surface area contributed by atoms with Crippen molar-refractivity contribution in [3.05, 3.63) is 98.7 Å². The molecule has 3 rings (SSSR count). The van der Waals surface area contributed by atoms with Gasteiger partial charge in [-0.25, -0.2) is 9.82 Å². The zero-order chi connectivity index (χ0) is 25.4. The fraction of sp³-hybridized carbons (Fsp3) is 0.192. The van der Waals surface area contributed by atoms with Crippen LogP contribution in [0.2, 0.25) is 5.02 Å². The number of hydrogen-bond donors (Lipinski definition) is 2. The van der Waals surface area contributed by atoms with E-state index in [0.717, 1.165) is 5.56 Å². The minimum Gasteiger partial charge on any atom is -0.488 e. The van der Waals surface area contributed by atoms with Gasteiger partial charge < -0.3 is 10.1 Å². The Morgan fingerprint density at radius 1 is 1.11 bits per heavy atom. The number of carbonyl (C=O) groups is 2. The van der Waals surface area contributed by atoms with Crippen LogP contribution >= 0.6 is 27.5 Å². The third-order valence-electron chi connectivity index (χ3n) is 5.04. The van der Waals surface area contributed by atoms with Crippen LogP contribution in [-0.4, -0.2) is 24.1 Å². The van der Waals surface area contributed by atoms with Gasteiger partial charge in [0.2, 0.25) is 0 Å². The zero-order valence-electron chi connectivity index (χ0n) is 19.1. The zero-order valence-corrected chi connectivity index (χ0v) is 21.4. The highest BCUT2D eigenvalue weighted by Gasteiger charge is 2.25. The number of rotatable bonds is 9. The number of nitrogens with one attached hydrogen (secondary N) is 2. The molecule has 0 aliphatic rings. The first-order valence-corrected chi connectivity index (χ1v) is 12.0. The number of ether oxygens (including phenoxy) is 1. The Labute approximate surface area is 216 Å². The van der Waals surface area contributed by atoms with Gasteiger partial charge in [-0.15, -0.1) is 0 Å². The molecular formula is C26H24BrClFN3O3. The van der Waals surface area contributed by atoms with Crippen LogP contribution in [0.5, 0.6) is 5.75 Å². The molecule has 3 aromatic carbocycles. The van der Waals surface area contributed by atoms with Crippen molar-refractivity contribution in [3.8, 4) is 5.75 Å². The number of halogens is 3. The minimum absolute atomic E-state index is 0.129. The van der Waals surface area contributed by atoms with E-state index in [1.165, 1.54) is 24.4 Å². The Bertz CT molecular complexity index is 1240. The van der Waals surface area contributed by atoms with Crippen LogP contribution in [0.1, 0.15) is 35.3 Å². The van der Waals surface area contributed by atoms with Crippen LogP contribution in [0, 0.1) is 11.7 Å². The van der Waals surface area contributed by atoms with Crippen molar-refractivity contribution in [2.75, 3.05) is 0 Å². The molecule has 0 aliphatic carbocycles. The van der Waals surface area contributed by atoms with E-state index >= 15 is 0 Å². The van der Waals surface area contributed by atoms with Crippen molar-refractivity contribution in [1.82, 2.24) is 10.7 Å². The van der Waals surface area contributed by atoms with Crippen LogP contribution in [0.25, 0.3) is 0 Å². The molecule has 9 heteroatoms. The summed E-state index contributed by atoms with van der Waals surface area (Å²) in [7, 11) is 0. The molecule has 0 aliphatic heterocycles. The predicted molar refractivity (Wildman–Crippen MR) is 138 cm³/mol. The molecule has 0 heterocycles. The monoisotopic (exact) mass is 559 g/mol. The van der Waals surface area contributed by atoms with Crippen molar-refractivity contribution in [2.45, 2.75) is 26.5 Å². The van der Waals surface area contributed by atoms with Gasteiger partial charge in [0.15, 0.2) is 0 Å². The van der Waals surface area contributed by atoms with Crippen LogP contribution < -0.4 is 15.5 Å². The maximum Gasteiger partial charge on any atom is 0.262 e. The maximum atomic E-state index is 13.9. The van der Waals surface area contributed by atoms with Crippen molar-refractivity contribution in [3.63, 3.8) is 0 Å². The Morgan fingerprint density at radius 2 is 1.83 bits per heavy atom. The Balaban J connectivity index is 1.59. The minimum atomic E-state index is -0.897. The second-order valence-corrected chi connectivity index (χ2v) is 9.24. The van der Waals surface area contributed by atoms with Crippen LogP contribution in [0.4, 0.5) is 4.39 Å². The lowest BCUT2D eigenvalue weighted by molar-refractivity contribution is -0.123. The molecular weight excluding hydrogens is 537 g/mol. The van der Waals surface area contributed by atoms with Gasteiger partial charge in [-0.3, -0.25) is 9.59 Å². The van der Waals surface area contributed by atoms with E-state index in [1.807, 2.05) is 18.2 Å². The van der Waals surface area contributed by atoms with Gasteiger partial charge in [-0.1, -0.05) is 55.8 Å². The first kappa shape index (κ1) is 26.4. The van der Waals surface area contributed by atoms with E-state index in [2.05, 4.69) is 31.8 Å². The lowest BCUT2D eigenvalue weighted by atomic mass is 10.0. The maximum absolute atomic E-state index is 13.9. The predicted octanol–water partition coefficient (Wildman–Crippen LogP) is 5.73. The third kappa shape index (κ3) is 7.37. The van der Waals surface area contributed by atoms with E-state index in [-0.39, 0.29) is 11.5 Å². The molecule has 0 bridgehead atoms. The summed E-state index contributed by atoms with van der Waals surface area (Å²) in [6.45, 7) is 3.86. The van der Waals surface area contributed by atoms with Gasteiger partial charge in [-0.2, -0.15) is 5.10 Å². The second-order valence-electron chi connectivity index (χ2n) is 7.98. The molecule has 3 aromatic rings. The quantitative estimate of drug-likeness (QED) is 0.259. The summed E-state index contributed by atoms with van der Waals surface area (Å²) in [5.74, 6) is -1.46. The number of benzene rings is 3. The van der Waals surface area contributed by atoms with Crippen molar-refractivity contribution >= 4 is 45.6 Å². The van der Waals surface area contributed by atoms with Gasteiger partial charge in [0, 0.05) is 10.6 Å². The Morgan fingerprint density at radius 3 is 2.51 bits per heavy atom. The van der Waals surface area contributed by atoms with Crippen molar-refractivity contribution in [2.24, 2.45) is 11.0 Å². The molecule has 1 unspecified atom stereocenters. The fourth-order valence-corrected chi connectivity index (χ4v) is 3.83. The number of hydrogen-bond acceptors (Lipinski definition) is 4. The van der Waals surface area contributed by atoms with Gasteiger partial charge in [0.1, 0.15) is 24.2 Å². The molecule has 182 valence electrons. The largest absolute Gasteiger partial charge is 0.488 e. The van der Waals surface area contributed by atoms with Gasteiger partial charge >= 0.3 is 0 Å². The summed E-state index contributed by atoms with van der Waals surface area (Å²) in [5, 5.41) is 7.19. The second kappa shape index (κ2) is 12.5. The molecule has 0 aromatic heterocycles. The van der Waals surface area contributed by atoms with E-state index < -0.39 is 23.7 Å². The molecule has 0 fully saturated rings. The standard InChI is InChI=1S/C26H24BrClFN3O3/c1-16(2)24(31-25(33)19-8-4-6-10-22(19)29)26(34)32-30-14-17-11-12-23(20(27)13-17)35-15-18-7-3-5-9-21(18)28/h3-14,16,24H,15H2,1-2H3,(H,31,33)(H,32,34)/b30-14+. The lowest BCUT2D eigenvalue weighted by Gasteiger charge is -2.20. The Hall–Kier alpha value is -3.23. The highest BCUT2D eigenvalue weighted by molar-refractivity contribution is 9.10. The normalized spacial score (nSPS) is 11.9. The van der Waals surface area contributed by atoms with E-state index in [0.29, 0.717) is 27.4 Å².